The molecule has 5 aromatic carbocycles. The first kappa shape index (κ1) is 42.6. The predicted octanol–water partition coefficient (Wildman–Crippen LogP) is 15.2. The van der Waals surface area contributed by atoms with Crippen LogP contribution in [0.15, 0.2) is 77.2 Å². The third kappa shape index (κ3) is 5.75. The summed E-state index contributed by atoms with van der Waals surface area (Å²) < 4.78 is 7.67. The first-order valence-electron chi connectivity index (χ1n) is 25.6. The highest BCUT2D eigenvalue weighted by Gasteiger charge is 2.51. The highest BCUT2D eigenvalue weighted by atomic mass is 16.3. The Kier molecular flexibility index (Phi) is 8.46. The number of rotatable bonds is 2. The van der Waals surface area contributed by atoms with Gasteiger partial charge in [-0.2, -0.15) is 0 Å². The number of fused-ring (bicyclic) bond motifs is 10. The monoisotopic (exact) mass is 873 g/mol. The van der Waals surface area contributed by atoms with Gasteiger partial charge in [-0.3, -0.25) is 0 Å². The normalized spacial score (nSPS) is 24.6. The molecule has 5 aliphatic carbocycles. The minimum absolute atomic E-state index is 0.0298. The molecule has 2 bridgehead atoms. The molecule has 3 nitrogen and oxygen atoms in total. The summed E-state index contributed by atoms with van der Waals surface area (Å²) in [5.74, 6) is 0. The number of nitrogens with zero attached hydrogens (tertiary/aromatic N) is 2. The van der Waals surface area contributed by atoms with E-state index in [9.17, 15) is 0 Å². The van der Waals surface area contributed by atoms with Crippen LogP contribution in [0, 0.1) is 13.8 Å². The molecule has 1 aromatic heterocycles. The standard InChI is InChI=1S/C62H73BN2O/c1-36-28-50-53-51(29-36)65(49-34-44-42(30-37(49)2)58(8,9)22-23-60(44,12)13)48-19-16-38(56(3,4)5)31-47(48)63(53)55-54(64(50)39-17-18-41-43(32-39)59(10,11)21-20-57(41,6)7)40-33-45-46(35-52(40)66-55)62(15)26-24-61(45,14)25-27-62/h16-19,28-35H,20-27H2,1-15H3. The molecule has 340 valence electrons. The summed E-state index contributed by atoms with van der Waals surface area (Å²) in [7, 11) is 0. The van der Waals surface area contributed by atoms with Crippen molar-refractivity contribution >= 4 is 68.4 Å². The summed E-state index contributed by atoms with van der Waals surface area (Å²) in [5.41, 5.74) is 26.2. The van der Waals surface area contributed by atoms with Gasteiger partial charge in [0.1, 0.15) is 5.58 Å². The van der Waals surface area contributed by atoms with Gasteiger partial charge in [0.2, 0.25) is 0 Å². The van der Waals surface area contributed by atoms with E-state index in [2.05, 4.69) is 186 Å². The van der Waals surface area contributed by atoms with E-state index in [4.69, 9.17) is 4.42 Å². The molecule has 13 rings (SSSR count). The second kappa shape index (κ2) is 13.1. The largest absolute Gasteiger partial charge is 0.468 e. The highest BCUT2D eigenvalue weighted by molar-refractivity contribution is 7.00. The minimum Gasteiger partial charge on any atom is -0.468 e. The van der Waals surface area contributed by atoms with E-state index < -0.39 is 0 Å². The Bertz CT molecular complexity index is 3100. The summed E-state index contributed by atoms with van der Waals surface area (Å²) in [6.45, 7) is 36.5. The molecule has 6 aromatic rings. The lowest BCUT2D eigenvalue weighted by Gasteiger charge is -2.52. The highest BCUT2D eigenvalue weighted by Crippen LogP contribution is 2.59. The van der Waals surface area contributed by atoms with E-state index in [1.807, 2.05) is 0 Å². The number of anilines is 6. The van der Waals surface area contributed by atoms with Crippen molar-refractivity contribution < 1.29 is 4.42 Å². The topological polar surface area (TPSA) is 19.6 Å². The Morgan fingerprint density at radius 1 is 0.500 bits per heavy atom. The van der Waals surface area contributed by atoms with Crippen LogP contribution in [0.2, 0.25) is 0 Å². The molecule has 0 spiro atoms. The van der Waals surface area contributed by atoms with Crippen LogP contribution in [0.25, 0.3) is 11.0 Å². The second-order valence-electron chi connectivity index (χ2n) is 26.6. The fraction of sp³-hybridized carbons (Fsp3) is 0.484. The molecule has 1 fully saturated rings. The van der Waals surface area contributed by atoms with Crippen LogP contribution in [0.1, 0.15) is 191 Å². The van der Waals surface area contributed by atoms with Crippen LogP contribution in [-0.4, -0.2) is 6.71 Å². The van der Waals surface area contributed by atoms with Crippen LogP contribution < -0.4 is 26.4 Å². The molecule has 2 aliphatic heterocycles. The number of hydrogen-bond acceptors (Lipinski definition) is 3. The van der Waals surface area contributed by atoms with Gasteiger partial charge >= 0.3 is 0 Å². The smallest absolute Gasteiger partial charge is 0.297 e. The van der Waals surface area contributed by atoms with Crippen molar-refractivity contribution in [3.8, 4) is 0 Å². The molecular weight excluding hydrogens is 800 g/mol. The van der Waals surface area contributed by atoms with Gasteiger partial charge in [0.25, 0.3) is 6.71 Å². The van der Waals surface area contributed by atoms with E-state index in [0.29, 0.717) is 0 Å². The third-order valence-corrected chi connectivity index (χ3v) is 19.1. The van der Waals surface area contributed by atoms with Crippen LogP contribution >= 0.6 is 0 Å². The first-order chi connectivity index (χ1) is 30.8. The summed E-state index contributed by atoms with van der Waals surface area (Å²) in [6, 6.07) is 30.2. The van der Waals surface area contributed by atoms with Crippen molar-refractivity contribution in [3.05, 3.63) is 123 Å². The molecule has 1 saturated carbocycles. The maximum absolute atomic E-state index is 7.67. The van der Waals surface area contributed by atoms with Crippen LogP contribution in [0.3, 0.4) is 0 Å². The number of benzene rings is 5. The SMILES string of the molecule is Cc1cc2c3c(c1)N(c1ccc4c(c1)C(C)(C)CCC4(C)C)c1c(oc4cc5c(cc14)C1(C)CCC5(C)CC1)B3c1cc(C(C)(C)C)ccc1N2c1cc2c(cc1C)C(C)(C)CCC2(C)C. The molecule has 66 heavy (non-hydrogen) atoms. The van der Waals surface area contributed by atoms with Crippen molar-refractivity contribution in [2.24, 2.45) is 0 Å². The quantitative estimate of drug-likeness (QED) is 0.161. The molecule has 4 heteroatoms. The predicted molar refractivity (Wildman–Crippen MR) is 282 cm³/mol. The first-order valence-corrected chi connectivity index (χ1v) is 25.6. The summed E-state index contributed by atoms with van der Waals surface area (Å²) in [5, 5.41) is 1.26. The minimum atomic E-state index is -0.0796. The average Bonchev–Trinajstić information content (AvgIpc) is 3.62. The van der Waals surface area contributed by atoms with Gasteiger partial charge in [0.15, 0.2) is 0 Å². The van der Waals surface area contributed by atoms with Crippen molar-refractivity contribution in [2.75, 3.05) is 9.80 Å². The zero-order chi connectivity index (χ0) is 46.6. The fourth-order valence-electron chi connectivity index (χ4n) is 14.2. The Morgan fingerprint density at radius 2 is 1.05 bits per heavy atom. The van der Waals surface area contributed by atoms with E-state index >= 15 is 0 Å². The van der Waals surface area contributed by atoms with Crippen molar-refractivity contribution in [3.63, 3.8) is 0 Å². The van der Waals surface area contributed by atoms with E-state index in [0.717, 1.165) is 11.2 Å². The fourth-order valence-corrected chi connectivity index (χ4v) is 14.2. The Balaban J connectivity index is 1.20. The number of hydrogen-bond donors (Lipinski definition) is 0. The molecule has 0 saturated heterocycles. The zero-order valence-electron chi connectivity index (χ0n) is 43.0. The van der Waals surface area contributed by atoms with Crippen LogP contribution in [0.5, 0.6) is 0 Å². The number of furan rings is 1. The second-order valence-corrected chi connectivity index (χ2v) is 26.6. The van der Waals surface area contributed by atoms with Gasteiger partial charge in [-0.15, -0.1) is 0 Å². The maximum Gasteiger partial charge on any atom is 0.297 e. The summed E-state index contributed by atoms with van der Waals surface area (Å²) >= 11 is 0. The Hall–Kier alpha value is -4.70. The molecule has 0 N–H and O–H groups in total. The molecule has 0 unspecified atom stereocenters. The molecule has 0 radical (unpaired) electrons. The van der Waals surface area contributed by atoms with Crippen LogP contribution in [-0.2, 0) is 37.9 Å². The molecule has 3 heterocycles. The van der Waals surface area contributed by atoms with E-state index in [1.165, 1.54) is 146 Å². The molecule has 0 amide bonds. The van der Waals surface area contributed by atoms with Gasteiger partial charge in [-0.1, -0.05) is 114 Å². The Labute approximate surface area is 396 Å². The maximum atomic E-state index is 7.67. The van der Waals surface area contributed by atoms with Gasteiger partial charge < -0.3 is 14.2 Å². The molecule has 0 atom stereocenters. The lowest BCUT2D eigenvalue weighted by atomic mass is 9.35. The van der Waals surface area contributed by atoms with E-state index in [1.54, 1.807) is 5.56 Å². The van der Waals surface area contributed by atoms with Gasteiger partial charge in [-0.25, -0.2) is 0 Å². The van der Waals surface area contributed by atoms with Gasteiger partial charge in [0.05, 0.1) is 11.3 Å². The molecule has 7 aliphatic rings. The Morgan fingerprint density at radius 3 is 1.65 bits per heavy atom. The third-order valence-electron chi connectivity index (χ3n) is 19.1. The summed E-state index contributed by atoms with van der Waals surface area (Å²) in [6.07, 6.45) is 9.78. The van der Waals surface area contributed by atoms with Crippen molar-refractivity contribution in [1.82, 2.24) is 0 Å². The summed E-state index contributed by atoms with van der Waals surface area (Å²) in [4.78, 5) is 5.33. The van der Waals surface area contributed by atoms with Crippen molar-refractivity contribution in [2.45, 2.75) is 193 Å². The van der Waals surface area contributed by atoms with E-state index in [-0.39, 0.29) is 44.6 Å². The molecular formula is C62H73BN2O. The lowest BCUT2D eigenvalue weighted by Crippen LogP contribution is -2.61. The number of aryl methyl sites for hydroxylation is 2. The van der Waals surface area contributed by atoms with Gasteiger partial charge in [-0.05, 0) is 213 Å². The van der Waals surface area contributed by atoms with Gasteiger partial charge in [0, 0.05) is 33.8 Å². The van der Waals surface area contributed by atoms with Crippen molar-refractivity contribution in [1.29, 1.82) is 0 Å². The zero-order valence-corrected chi connectivity index (χ0v) is 43.0. The average molecular weight is 873 g/mol. The lowest BCUT2D eigenvalue weighted by molar-refractivity contribution is 0.188. The van der Waals surface area contributed by atoms with Crippen LogP contribution in [0.4, 0.5) is 34.1 Å².